The van der Waals surface area contributed by atoms with Gasteiger partial charge in [-0.25, -0.2) is 0 Å². The predicted octanol–water partition coefficient (Wildman–Crippen LogP) is -1.47. The van der Waals surface area contributed by atoms with Gasteiger partial charge in [-0.2, -0.15) is 0 Å². The number of amides is 5. The molecule has 0 aromatic heterocycles. The summed E-state index contributed by atoms with van der Waals surface area (Å²) in [4.78, 5) is 83.3. The summed E-state index contributed by atoms with van der Waals surface area (Å²) < 4.78 is 0. The lowest BCUT2D eigenvalue weighted by atomic mass is 9.96. The molecular weight excluding hydrogens is 622 g/mol. The molecule has 2 rings (SSSR count). The van der Waals surface area contributed by atoms with E-state index in [-0.39, 0.29) is 43.6 Å². The van der Waals surface area contributed by atoms with Crippen molar-refractivity contribution in [1.82, 2.24) is 26.2 Å². The lowest BCUT2D eigenvalue weighted by Crippen LogP contribution is -2.59. The van der Waals surface area contributed by atoms with E-state index in [2.05, 4.69) is 26.3 Å². The van der Waals surface area contributed by atoms with E-state index < -0.39 is 65.8 Å². The van der Waals surface area contributed by atoms with Crippen molar-refractivity contribution in [3.05, 3.63) is 29.8 Å². The van der Waals surface area contributed by atoms with Gasteiger partial charge in [-0.1, -0.05) is 32.4 Å². The van der Waals surface area contributed by atoms with Crippen LogP contribution in [-0.4, -0.2) is 101 Å². The highest BCUT2D eigenvalue weighted by molar-refractivity contribution is 5.96. The average molecular weight is 674 g/mol. The third-order valence-corrected chi connectivity index (χ3v) is 8.19. The van der Waals surface area contributed by atoms with Crippen LogP contribution in [-0.2, 0) is 35.2 Å². The number of aliphatic imine (C=N–C) groups is 1. The maximum Gasteiger partial charge on any atom is 0.245 e. The first-order chi connectivity index (χ1) is 22.7. The van der Waals surface area contributed by atoms with Crippen LogP contribution in [0.2, 0.25) is 0 Å². The van der Waals surface area contributed by atoms with Crippen molar-refractivity contribution >= 4 is 41.8 Å². The number of hydrogen-bond donors (Lipinski definition) is 8. The first kappa shape index (κ1) is 39.4. The molecule has 7 atom stereocenters. The molecule has 1 aromatic carbocycles. The predicted molar refractivity (Wildman–Crippen MR) is 179 cm³/mol. The van der Waals surface area contributed by atoms with Crippen LogP contribution in [0.3, 0.4) is 0 Å². The van der Waals surface area contributed by atoms with Crippen LogP contribution in [0, 0.1) is 5.92 Å². The maximum atomic E-state index is 13.8. The number of aldehydes is 1. The highest BCUT2D eigenvalue weighted by Crippen LogP contribution is 2.21. The summed E-state index contributed by atoms with van der Waals surface area (Å²) in [6.45, 7) is 7.10. The van der Waals surface area contributed by atoms with Crippen LogP contribution >= 0.6 is 0 Å². The van der Waals surface area contributed by atoms with Gasteiger partial charge < -0.3 is 53.3 Å². The number of nitrogens with zero attached hydrogens (tertiary/aromatic N) is 2. The van der Waals surface area contributed by atoms with E-state index >= 15 is 0 Å². The van der Waals surface area contributed by atoms with E-state index in [1.807, 2.05) is 6.92 Å². The summed E-state index contributed by atoms with van der Waals surface area (Å²) in [5, 5.41) is 20.5. The summed E-state index contributed by atoms with van der Waals surface area (Å²) in [7, 11) is 0. The third kappa shape index (κ3) is 12.1. The number of phenols is 1. The van der Waals surface area contributed by atoms with Crippen molar-refractivity contribution in [1.29, 1.82) is 0 Å². The molecule has 11 N–H and O–H groups in total. The molecule has 266 valence electrons. The van der Waals surface area contributed by atoms with Crippen molar-refractivity contribution in [2.75, 3.05) is 13.1 Å². The molecule has 1 heterocycles. The van der Waals surface area contributed by atoms with Crippen molar-refractivity contribution in [3.63, 3.8) is 0 Å². The summed E-state index contributed by atoms with van der Waals surface area (Å²) >= 11 is 0. The third-order valence-electron chi connectivity index (χ3n) is 8.19. The van der Waals surface area contributed by atoms with Crippen LogP contribution in [0.1, 0.15) is 65.4 Å². The molecule has 0 saturated carbocycles. The number of rotatable bonds is 18. The zero-order valence-corrected chi connectivity index (χ0v) is 28.1. The van der Waals surface area contributed by atoms with Gasteiger partial charge in [0.25, 0.3) is 0 Å². The molecule has 1 fully saturated rings. The van der Waals surface area contributed by atoms with Crippen LogP contribution < -0.4 is 38.5 Å². The van der Waals surface area contributed by atoms with Gasteiger partial charge in [0.15, 0.2) is 5.96 Å². The molecule has 1 aliphatic heterocycles. The van der Waals surface area contributed by atoms with Gasteiger partial charge in [0.1, 0.15) is 36.2 Å². The van der Waals surface area contributed by atoms with Gasteiger partial charge in [0, 0.05) is 19.5 Å². The molecular formula is C32H51N9O7. The Kier molecular flexibility index (Phi) is 15.8. The zero-order chi connectivity index (χ0) is 36.0. The van der Waals surface area contributed by atoms with Gasteiger partial charge in [-0.15, -0.1) is 0 Å². The summed E-state index contributed by atoms with van der Waals surface area (Å²) in [6, 6.07) is 0.348. The molecule has 1 aromatic rings. The van der Waals surface area contributed by atoms with Crippen molar-refractivity contribution in [2.45, 2.75) is 102 Å². The van der Waals surface area contributed by atoms with Crippen molar-refractivity contribution < 1.29 is 33.9 Å². The Balaban J connectivity index is 2.32. The Morgan fingerprint density at radius 2 is 1.65 bits per heavy atom. The largest absolute Gasteiger partial charge is 0.508 e. The number of guanidine groups is 1. The van der Waals surface area contributed by atoms with Crippen LogP contribution in [0.15, 0.2) is 29.3 Å². The fourth-order valence-corrected chi connectivity index (χ4v) is 5.22. The van der Waals surface area contributed by atoms with Gasteiger partial charge in [0.2, 0.25) is 29.5 Å². The normalized spacial score (nSPS) is 17.9. The van der Waals surface area contributed by atoms with Gasteiger partial charge in [-0.05, 0) is 63.1 Å². The number of nitrogens with one attached hydrogen (secondary N) is 4. The minimum absolute atomic E-state index is 0.00989. The number of hydrogen-bond acceptors (Lipinski definition) is 9. The number of nitrogens with two attached hydrogens (primary N) is 3. The smallest absolute Gasteiger partial charge is 0.245 e. The first-order valence-corrected chi connectivity index (χ1v) is 16.2. The Labute approximate surface area is 281 Å². The summed E-state index contributed by atoms with van der Waals surface area (Å²) in [5.41, 5.74) is 17.1. The molecule has 0 aliphatic carbocycles. The van der Waals surface area contributed by atoms with Gasteiger partial charge in [-0.3, -0.25) is 29.0 Å². The molecule has 16 nitrogen and oxygen atoms in total. The summed E-state index contributed by atoms with van der Waals surface area (Å²) in [6.07, 6.45) is 2.49. The zero-order valence-electron chi connectivity index (χ0n) is 28.1. The first-order valence-electron chi connectivity index (χ1n) is 16.2. The molecule has 1 aliphatic rings. The van der Waals surface area contributed by atoms with Crippen LogP contribution in [0.25, 0.3) is 0 Å². The number of carbonyl (C=O) groups excluding carboxylic acids is 6. The quantitative estimate of drug-likeness (QED) is 0.0388. The van der Waals surface area contributed by atoms with E-state index in [4.69, 9.17) is 17.2 Å². The molecule has 0 spiro atoms. The van der Waals surface area contributed by atoms with Crippen LogP contribution in [0.5, 0.6) is 5.75 Å². The second kappa shape index (κ2) is 19.2. The maximum absolute atomic E-state index is 13.8. The number of likely N-dealkylation sites (tertiary alicyclic amines) is 1. The molecule has 0 bridgehead atoms. The molecule has 48 heavy (non-hydrogen) atoms. The standard InChI is InChI=1S/C32H51N9O7/c1-5-18(2)26(30(47)37-19(3)17-42)40-28(45)24(16-21-10-12-22(43)13-11-21)39-29(46)25-9-7-15-41(25)31(48)23(38-27(44)20(4)33)8-6-14-36-32(34)35/h10-13,17-20,23-26,43H,5-9,14-16,33H2,1-4H3,(H,37,47)(H,38,44)(H,39,46)(H,40,45)(H4,34,35,36)/t18-,19-,20-,23-,24-,25-,26-/m0/s1. The Morgan fingerprint density at radius 3 is 2.23 bits per heavy atom. The number of benzene rings is 1. The number of aromatic hydroxyl groups is 1. The Morgan fingerprint density at radius 1 is 0.979 bits per heavy atom. The number of phenolic OH excluding ortho intramolecular Hbond substituents is 1. The Bertz CT molecular complexity index is 1300. The lowest BCUT2D eigenvalue weighted by Gasteiger charge is -2.31. The van der Waals surface area contributed by atoms with Crippen LogP contribution in [0.4, 0.5) is 0 Å². The minimum Gasteiger partial charge on any atom is -0.508 e. The monoisotopic (exact) mass is 673 g/mol. The van der Waals surface area contributed by atoms with E-state index in [1.165, 1.54) is 30.9 Å². The van der Waals surface area contributed by atoms with E-state index in [0.717, 1.165) is 0 Å². The van der Waals surface area contributed by atoms with E-state index in [0.29, 0.717) is 37.5 Å². The Hall–Kier alpha value is -4.73. The molecule has 0 unspecified atom stereocenters. The highest BCUT2D eigenvalue weighted by atomic mass is 16.3. The fraction of sp³-hybridized carbons (Fsp3) is 0.594. The second-order valence-electron chi connectivity index (χ2n) is 12.2. The lowest BCUT2D eigenvalue weighted by molar-refractivity contribution is -0.142. The molecule has 0 radical (unpaired) electrons. The van der Waals surface area contributed by atoms with E-state index in [9.17, 15) is 33.9 Å². The minimum atomic E-state index is -1.17. The van der Waals surface area contributed by atoms with Crippen molar-refractivity contribution in [3.8, 4) is 5.75 Å². The average Bonchev–Trinajstić information content (AvgIpc) is 3.54. The topological polar surface area (TPSA) is 264 Å². The van der Waals surface area contributed by atoms with Gasteiger partial charge >= 0.3 is 0 Å². The van der Waals surface area contributed by atoms with Crippen molar-refractivity contribution in [2.24, 2.45) is 28.1 Å². The SMILES string of the molecule is CC[C@H](C)[C@H](NC(=O)[C@H](Cc1ccc(O)cc1)NC(=O)[C@@H]1CCCN1C(=O)[C@H](CCCN=C(N)N)NC(=O)[C@H](C)N)C(=O)N[C@@H](C)C=O. The van der Waals surface area contributed by atoms with E-state index in [1.54, 1.807) is 19.1 Å². The summed E-state index contributed by atoms with van der Waals surface area (Å²) in [5.74, 6) is -3.19. The molecule has 1 saturated heterocycles. The van der Waals surface area contributed by atoms with Gasteiger partial charge in [0.05, 0.1) is 12.1 Å². The fourth-order valence-electron chi connectivity index (χ4n) is 5.22. The highest BCUT2D eigenvalue weighted by Gasteiger charge is 2.39. The number of carbonyl (C=O) groups is 6. The second-order valence-corrected chi connectivity index (χ2v) is 12.2. The molecule has 16 heteroatoms. The molecule has 5 amide bonds.